The topological polar surface area (TPSA) is 38.8 Å². The van der Waals surface area contributed by atoms with Gasteiger partial charge in [0.05, 0.1) is 12.2 Å². The van der Waals surface area contributed by atoms with Crippen molar-refractivity contribution in [3.05, 3.63) is 42.5 Å². The van der Waals surface area contributed by atoms with Gasteiger partial charge in [0.1, 0.15) is 5.75 Å². The van der Waals surface area contributed by atoms with Crippen LogP contribution in [0.4, 0.5) is 0 Å². The fourth-order valence-corrected chi connectivity index (χ4v) is 3.15. The molecular formula is C19H23NO3. The summed E-state index contributed by atoms with van der Waals surface area (Å²) in [6.07, 6.45) is -0.391. The third kappa shape index (κ3) is 3.48. The van der Waals surface area contributed by atoms with E-state index in [0.29, 0.717) is 13.1 Å². The molecule has 2 aromatic rings. The summed E-state index contributed by atoms with van der Waals surface area (Å²) in [4.78, 5) is 14.5. The maximum Gasteiger partial charge on any atom is 0.263 e. The SMILES string of the molecule is C[C@@H]1CN(C(=O)[C@@H](C)Oc2cccc3ccccc23)C[C@H](C)O1. The Bertz CT molecular complexity index is 685. The van der Waals surface area contributed by atoms with Crippen molar-refractivity contribution in [2.45, 2.75) is 39.1 Å². The smallest absolute Gasteiger partial charge is 0.263 e. The van der Waals surface area contributed by atoms with E-state index in [1.165, 1.54) is 0 Å². The number of rotatable bonds is 3. The summed E-state index contributed by atoms with van der Waals surface area (Å²) in [5.74, 6) is 0.762. The lowest BCUT2D eigenvalue weighted by molar-refractivity contribution is -0.149. The van der Waals surface area contributed by atoms with Gasteiger partial charge < -0.3 is 14.4 Å². The Kier molecular flexibility index (Phi) is 4.53. The molecule has 1 fully saturated rings. The highest BCUT2D eigenvalue weighted by Crippen LogP contribution is 2.26. The van der Waals surface area contributed by atoms with Crippen LogP contribution in [0.15, 0.2) is 42.5 Å². The molecule has 0 bridgehead atoms. The van der Waals surface area contributed by atoms with Crippen molar-refractivity contribution in [2.24, 2.45) is 0 Å². The molecule has 0 unspecified atom stereocenters. The van der Waals surface area contributed by atoms with Crippen LogP contribution in [0.3, 0.4) is 0 Å². The lowest BCUT2D eigenvalue weighted by Crippen LogP contribution is -2.51. The quantitative estimate of drug-likeness (QED) is 0.873. The van der Waals surface area contributed by atoms with Crippen molar-refractivity contribution in [1.29, 1.82) is 0 Å². The Morgan fingerprint density at radius 2 is 1.78 bits per heavy atom. The lowest BCUT2D eigenvalue weighted by atomic mass is 10.1. The normalized spacial score (nSPS) is 22.8. The van der Waals surface area contributed by atoms with Crippen molar-refractivity contribution in [3.63, 3.8) is 0 Å². The van der Waals surface area contributed by atoms with Gasteiger partial charge in [0.25, 0.3) is 5.91 Å². The number of hydrogen-bond donors (Lipinski definition) is 0. The molecule has 0 saturated carbocycles. The largest absolute Gasteiger partial charge is 0.480 e. The zero-order chi connectivity index (χ0) is 16.4. The van der Waals surface area contributed by atoms with E-state index >= 15 is 0 Å². The first-order valence-electron chi connectivity index (χ1n) is 8.13. The van der Waals surface area contributed by atoms with Crippen LogP contribution >= 0.6 is 0 Å². The van der Waals surface area contributed by atoms with E-state index < -0.39 is 6.10 Å². The number of amides is 1. The number of fused-ring (bicyclic) bond motifs is 1. The molecule has 0 aromatic heterocycles. The Morgan fingerprint density at radius 1 is 1.13 bits per heavy atom. The number of carbonyl (C=O) groups is 1. The van der Waals surface area contributed by atoms with E-state index in [4.69, 9.17) is 9.47 Å². The fraction of sp³-hybridized carbons (Fsp3) is 0.421. The second-order valence-corrected chi connectivity index (χ2v) is 6.24. The summed E-state index contributed by atoms with van der Waals surface area (Å²) < 4.78 is 11.7. The second-order valence-electron chi connectivity index (χ2n) is 6.24. The molecule has 0 aliphatic carbocycles. The number of nitrogens with zero attached hydrogens (tertiary/aromatic N) is 1. The summed E-state index contributed by atoms with van der Waals surface area (Å²) in [5.41, 5.74) is 0. The van der Waals surface area contributed by atoms with Gasteiger partial charge in [-0.25, -0.2) is 0 Å². The predicted octanol–water partition coefficient (Wildman–Crippen LogP) is 3.24. The van der Waals surface area contributed by atoms with Crippen LogP contribution in [0.2, 0.25) is 0 Å². The molecule has 122 valence electrons. The fourth-order valence-electron chi connectivity index (χ4n) is 3.15. The van der Waals surface area contributed by atoms with Crippen molar-refractivity contribution in [3.8, 4) is 5.75 Å². The first-order chi connectivity index (χ1) is 11.0. The van der Waals surface area contributed by atoms with E-state index in [1.807, 2.05) is 68.1 Å². The average Bonchev–Trinajstić information content (AvgIpc) is 2.53. The molecule has 1 amide bonds. The van der Waals surface area contributed by atoms with Crippen LogP contribution in [0.25, 0.3) is 10.8 Å². The summed E-state index contributed by atoms with van der Waals surface area (Å²) >= 11 is 0. The van der Waals surface area contributed by atoms with E-state index in [1.54, 1.807) is 0 Å². The molecule has 0 N–H and O–H groups in total. The second kappa shape index (κ2) is 6.59. The van der Waals surface area contributed by atoms with E-state index in [-0.39, 0.29) is 18.1 Å². The zero-order valence-electron chi connectivity index (χ0n) is 13.9. The number of ether oxygens (including phenoxy) is 2. The molecule has 1 aliphatic heterocycles. The minimum absolute atomic E-state index is 0.0138. The molecule has 1 heterocycles. The summed E-state index contributed by atoms with van der Waals surface area (Å²) in [6.45, 7) is 7.03. The average molecular weight is 313 g/mol. The number of hydrogen-bond acceptors (Lipinski definition) is 3. The molecule has 4 nitrogen and oxygen atoms in total. The highest BCUT2D eigenvalue weighted by molar-refractivity contribution is 5.89. The van der Waals surface area contributed by atoms with Crippen molar-refractivity contribution in [1.82, 2.24) is 4.90 Å². The van der Waals surface area contributed by atoms with Gasteiger partial charge in [-0.2, -0.15) is 0 Å². The summed E-state index contributed by atoms with van der Waals surface area (Å²) in [6, 6.07) is 13.9. The molecule has 0 radical (unpaired) electrons. The first kappa shape index (κ1) is 15.8. The Morgan fingerprint density at radius 3 is 2.52 bits per heavy atom. The monoisotopic (exact) mass is 313 g/mol. The number of morpholine rings is 1. The van der Waals surface area contributed by atoms with E-state index in [9.17, 15) is 4.79 Å². The van der Waals surface area contributed by atoms with Gasteiger partial charge in [0, 0.05) is 18.5 Å². The van der Waals surface area contributed by atoms with Crippen molar-refractivity contribution in [2.75, 3.05) is 13.1 Å². The Balaban J connectivity index is 1.75. The molecule has 0 spiro atoms. The number of carbonyl (C=O) groups excluding carboxylic acids is 1. The molecule has 4 heteroatoms. The first-order valence-corrected chi connectivity index (χ1v) is 8.13. The molecular weight excluding hydrogens is 290 g/mol. The van der Waals surface area contributed by atoms with Crippen molar-refractivity contribution >= 4 is 16.7 Å². The van der Waals surface area contributed by atoms with Gasteiger partial charge in [-0.15, -0.1) is 0 Å². The van der Waals surface area contributed by atoms with E-state index in [2.05, 4.69) is 0 Å². The van der Waals surface area contributed by atoms with Crippen LogP contribution in [-0.4, -0.2) is 42.2 Å². The maximum atomic E-state index is 12.7. The third-order valence-electron chi connectivity index (χ3n) is 4.13. The lowest BCUT2D eigenvalue weighted by Gasteiger charge is -2.36. The highest BCUT2D eigenvalue weighted by Gasteiger charge is 2.29. The highest BCUT2D eigenvalue weighted by atomic mass is 16.5. The molecule has 3 rings (SSSR count). The molecule has 1 saturated heterocycles. The van der Waals surface area contributed by atoms with Gasteiger partial charge in [0.15, 0.2) is 6.10 Å². The zero-order valence-corrected chi connectivity index (χ0v) is 13.9. The van der Waals surface area contributed by atoms with Crippen LogP contribution < -0.4 is 4.74 Å². The maximum absolute atomic E-state index is 12.7. The Hall–Kier alpha value is -2.07. The van der Waals surface area contributed by atoms with Gasteiger partial charge >= 0.3 is 0 Å². The van der Waals surface area contributed by atoms with Gasteiger partial charge in [-0.05, 0) is 32.2 Å². The van der Waals surface area contributed by atoms with Crippen molar-refractivity contribution < 1.29 is 14.3 Å². The summed E-state index contributed by atoms with van der Waals surface area (Å²) in [7, 11) is 0. The van der Waals surface area contributed by atoms with Crippen LogP contribution in [-0.2, 0) is 9.53 Å². The van der Waals surface area contributed by atoms with Gasteiger partial charge in [-0.3, -0.25) is 4.79 Å². The molecule has 1 aliphatic rings. The van der Waals surface area contributed by atoms with Crippen LogP contribution in [0.5, 0.6) is 5.75 Å². The van der Waals surface area contributed by atoms with Crippen LogP contribution in [0.1, 0.15) is 20.8 Å². The molecule has 3 atom stereocenters. The van der Waals surface area contributed by atoms with Gasteiger partial charge in [0.2, 0.25) is 0 Å². The molecule has 23 heavy (non-hydrogen) atoms. The number of benzene rings is 2. The van der Waals surface area contributed by atoms with Crippen LogP contribution in [0, 0.1) is 0 Å². The summed E-state index contributed by atoms with van der Waals surface area (Å²) in [5, 5.41) is 2.14. The van der Waals surface area contributed by atoms with E-state index in [0.717, 1.165) is 16.5 Å². The molecule has 2 aromatic carbocycles. The standard InChI is InChI=1S/C19H23NO3/c1-13-11-20(12-14(2)22-13)19(21)15(3)23-18-10-6-8-16-7-4-5-9-17(16)18/h4-10,13-15H,11-12H2,1-3H3/t13-,14+,15-/m1/s1. The third-order valence-corrected chi connectivity index (χ3v) is 4.13. The minimum Gasteiger partial charge on any atom is -0.480 e. The Labute approximate surface area is 137 Å². The minimum atomic E-state index is -0.515. The predicted molar refractivity (Wildman–Crippen MR) is 90.6 cm³/mol. The van der Waals surface area contributed by atoms with Gasteiger partial charge in [-0.1, -0.05) is 36.4 Å².